The van der Waals surface area contributed by atoms with E-state index >= 15 is 0 Å². The molecule has 2 atom stereocenters. The summed E-state index contributed by atoms with van der Waals surface area (Å²) in [6.45, 7) is 3.77. The number of benzene rings is 1. The second kappa shape index (κ2) is 9.79. The van der Waals surface area contributed by atoms with Crippen LogP contribution in [0.5, 0.6) is 5.75 Å². The molecule has 0 fully saturated rings. The number of anilines is 1. The zero-order valence-corrected chi connectivity index (χ0v) is 20.3. The van der Waals surface area contributed by atoms with Crippen molar-refractivity contribution in [1.29, 1.82) is 0 Å². The zero-order chi connectivity index (χ0) is 26.1. The monoisotopic (exact) mass is 503 g/mol. The third-order valence-electron chi connectivity index (χ3n) is 6.59. The second-order valence-electron chi connectivity index (χ2n) is 9.21. The van der Waals surface area contributed by atoms with Gasteiger partial charge < -0.3 is 15.0 Å². The summed E-state index contributed by atoms with van der Waals surface area (Å²) in [5.41, 5.74) is 1.82. The molecule has 0 aliphatic carbocycles. The summed E-state index contributed by atoms with van der Waals surface area (Å²) in [6.07, 6.45) is -1.44. The van der Waals surface area contributed by atoms with E-state index in [0.717, 1.165) is 16.6 Å². The first-order valence-electron chi connectivity index (χ1n) is 11.7. The molecule has 0 bridgehead atoms. The van der Waals surface area contributed by atoms with Gasteiger partial charge in [0.15, 0.2) is 5.65 Å². The number of halogens is 3. The molecule has 0 saturated heterocycles. The molecule has 1 unspecified atom stereocenters. The van der Waals surface area contributed by atoms with Gasteiger partial charge in [-0.25, -0.2) is 4.98 Å². The number of hydrogen-bond donors (Lipinski definition) is 2. The molecule has 192 valence electrons. The van der Waals surface area contributed by atoms with Crippen LogP contribution in [0, 0.1) is 6.92 Å². The molecular weight excluding hydrogens is 475 g/mol. The maximum Gasteiger partial charge on any atom is 0.405 e. The molecular formula is C25H28F3N5O3. The first-order valence-corrected chi connectivity index (χ1v) is 11.7. The van der Waals surface area contributed by atoms with Crippen LogP contribution >= 0.6 is 0 Å². The quantitative estimate of drug-likeness (QED) is 0.456. The molecule has 0 saturated carbocycles. The van der Waals surface area contributed by atoms with Crippen molar-refractivity contribution < 1.29 is 27.5 Å². The predicted molar refractivity (Wildman–Crippen MR) is 128 cm³/mol. The van der Waals surface area contributed by atoms with Crippen LogP contribution in [-0.4, -0.2) is 52.4 Å². The maximum atomic E-state index is 13.5. The van der Waals surface area contributed by atoms with Gasteiger partial charge in [-0.05, 0) is 50.8 Å². The molecule has 2 aromatic heterocycles. The lowest BCUT2D eigenvalue weighted by Crippen LogP contribution is -2.45. The third-order valence-corrected chi connectivity index (χ3v) is 6.59. The van der Waals surface area contributed by atoms with Crippen LogP contribution in [0.15, 0.2) is 36.5 Å². The van der Waals surface area contributed by atoms with Crippen LogP contribution in [-0.2, 0) is 15.0 Å². The summed E-state index contributed by atoms with van der Waals surface area (Å²) in [4.78, 5) is 31.3. The van der Waals surface area contributed by atoms with Gasteiger partial charge in [0.25, 0.3) is 0 Å². The Hall–Kier alpha value is -3.63. The molecule has 36 heavy (non-hydrogen) atoms. The van der Waals surface area contributed by atoms with Crippen molar-refractivity contribution in [2.45, 2.75) is 57.7 Å². The van der Waals surface area contributed by atoms with Gasteiger partial charge in [-0.15, -0.1) is 0 Å². The van der Waals surface area contributed by atoms with E-state index in [1.807, 2.05) is 31.3 Å². The highest BCUT2D eigenvalue weighted by Gasteiger charge is 2.47. The average molecular weight is 504 g/mol. The van der Waals surface area contributed by atoms with Gasteiger partial charge in [0, 0.05) is 16.8 Å². The van der Waals surface area contributed by atoms with Gasteiger partial charge in [-0.3, -0.25) is 14.7 Å². The maximum absolute atomic E-state index is 13.5. The first kappa shape index (κ1) is 25.5. The normalized spacial score (nSPS) is 18.4. The summed E-state index contributed by atoms with van der Waals surface area (Å²) in [6, 6.07) is 8.94. The molecule has 11 heteroatoms. The van der Waals surface area contributed by atoms with Gasteiger partial charge >= 0.3 is 6.18 Å². The topological polar surface area (TPSA) is 100 Å². The highest BCUT2D eigenvalue weighted by Crippen LogP contribution is 2.44. The predicted octanol–water partition coefficient (Wildman–Crippen LogP) is 4.19. The lowest BCUT2D eigenvalue weighted by molar-refractivity contribution is -0.138. The van der Waals surface area contributed by atoms with Gasteiger partial charge in [-0.1, -0.05) is 25.1 Å². The summed E-state index contributed by atoms with van der Waals surface area (Å²) >= 11 is 0. The van der Waals surface area contributed by atoms with Crippen LogP contribution in [0.25, 0.3) is 11.0 Å². The van der Waals surface area contributed by atoms with Gasteiger partial charge in [0.2, 0.25) is 11.8 Å². The Balaban J connectivity index is 1.47. The molecule has 3 heterocycles. The number of rotatable bonds is 9. The highest BCUT2D eigenvalue weighted by molar-refractivity contribution is 6.10. The number of aromatic nitrogens is 3. The van der Waals surface area contributed by atoms with Crippen molar-refractivity contribution >= 4 is 28.5 Å². The van der Waals surface area contributed by atoms with E-state index in [-0.39, 0.29) is 12.0 Å². The smallest absolute Gasteiger partial charge is 0.405 e. The number of aryl methyl sites for hydroxylation is 1. The minimum Gasteiger partial charge on any atom is -0.489 e. The minimum atomic E-state index is -4.53. The van der Waals surface area contributed by atoms with Gasteiger partial charge in [-0.2, -0.15) is 18.3 Å². The Kier molecular flexibility index (Phi) is 6.92. The number of nitrogens with zero attached hydrogens (tertiary/aromatic N) is 3. The number of carbonyl (C=O) groups is 2. The number of hydrogen-bond acceptors (Lipinski definition) is 5. The van der Waals surface area contributed by atoms with Gasteiger partial charge in [0.05, 0.1) is 17.7 Å². The molecule has 3 aromatic rings. The van der Waals surface area contributed by atoms with E-state index in [0.29, 0.717) is 36.3 Å². The molecule has 2 amide bonds. The number of ether oxygens (including phenoxy) is 1. The number of alkyl halides is 3. The van der Waals surface area contributed by atoms with E-state index in [2.05, 4.69) is 15.2 Å². The van der Waals surface area contributed by atoms with Crippen LogP contribution in [0.1, 0.15) is 44.4 Å². The SMILES string of the molecule is CCC(CC[C@]1(C)C(=O)N(CC(=O)NCC(F)(F)F)c2ccccc21)Oc1cnc2n[nH]c(C)c2c1. The summed E-state index contributed by atoms with van der Waals surface area (Å²) in [7, 11) is 0. The van der Waals surface area contributed by atoms with E-state index in [9.17, 15) is 22.8 Å². The highest BCUT2D eigenvalue weighted by atomic mass is 19.4. The largest absolute Gasteiger partial charge is 0.489 e. The van der Waals surface area contributed by atoms with Crippen LogP contribution in [0.3, 0.4) is 0 Å². The van der Waals surface area contributed by atoms with Crippen LogP contribution in [0.2, 0.25) is 0 Å². The molecule has 1 aliphatic rings. The Morgan fingerprint density at radius 1 is 1.31 bits per heavy atom. The van der Waals surface area contributed by atoms with Crippen molar-refractivity contribution in [2.75, 3.05) is 18.0 Å². The molecule has 4 rings (SSSR count). The number of nitrogens with one attached hydrogen (secondary N) is 2. The van der Waals surface area contributed by atoms with Crippen molar-refractivity contribution in [3.8, 4) is 5.75 Å². The Morgan fingerprint density at radius 3 is 2.78 bits per heavy atom. The standard InChI is InChI=1S/C25H28F3N5O3/c1-4-16(36-17-11-18-15(2)31-32-22(18)29-12-17)9-10-24(3)19-7-5-6-8-20(19)33(23(24)35)13-21(34)30-14-25(26,27)28/h5-8,11-12,16H,4,9-10,13-14H2,1-3H3,(H,30,34)(H,29,31,32)/t16?,24-/m0/s1. The minimum absolute atomic E-state index is 0.197. The molecule has 0 radical (unpaired) electrons. The first-order chi connectivity index (χ1) is 17.0. The summed E-state index contributed by atoms with van der Waals surface area (Å²) in [5, 5.41) is 9.72. The molecule has 2 N–H and O–H groups in total. The molecule has 8 nitrogen and oxygen atoms in total. The summed E-state index contributed by atoms with van der Waals surface area (Å²) < 4.78 is 43.7. The van der Waals surface area contributed by atoms with Crippen molar-refractivity contribution in [2.24, 2.45) is 0 Å². The van der Waals surface area contributed by atoms with Crippen LogP contribution in [0.4, 0.5) is 18.9 Å². The molecule has 0 spiro atoms. The zero-order valence-electron chi connectivity index (χ0n) is 20.3. The van der Waals surface area contributed by atoms with E-state index in [1.165, 1.54) is 4.90 Å². The number of H-pyrrole nitrogens is 1. The fraction of sp³-hybridized carbons (Fsp3) is 0.440. The average Bonchev–Trinajstić information content (AvgIpc) is 3.31. The Bertz CT molecular complexity index is 1280. The second-order valence-corrected chi connectivity index (χ2v) is 9.21. The number of fused-ring (bicyclic) bond motifs is 2. The van der Waals surface area contributed by atoms with Gasteiger partial charge in [0.1, 0.15) is 18.8 Å². The molecule has 1 aromatic carbocycles. The van der Waals surface area contributed by atoms with Crippen LogP contribution < -0.4 is 15.0 Å². The summed E-state index contributed by atoms with van der Waals surface area (Å²) in [5.74, 6) is -0.588. The van der Waals surface area contributed by atoms with Crippen molar-refractivity contribution in [3.63, 3.8) is 0 Å². The number of para-hydroxylation sites is 1. The van der Waals surface area contributed by atoms with Crippen molar-refractivity contribution in [1.82, 2.24) is 20.5 Å². The lowest BCUT2D eigenvalue weighted by Gasteiger charge is -2.27. The fourth-order valence-corrected chi connectivity index (χ4v) is 4.55. The van der Waals surface area contributed by atoms with E-state index in [1.54, 1.807) is 31.3 Å². The molecule has 1 aliphatic heterocycles. The third kappa shape index (κ3) is 5.14. The van der Waals surface area contributed by atoms with Crippen molar-refractivity contribution in [3.05, 3.63) is 47.8 Å². The Labute approximate surface area is 206 Å². The number of aromatic amines is 1. The number of amides is 2. The Morgan fingerprint density at radius 2 is 2.06 bits per heavy atom. The lowest BCUT2D eigenvalue weighted by atomic mass is 9.79. The van der Waals surface area contributed by atoms with E-state index in [4.69, 9.17) is 4.74 Å². The fourth-order valence-electron chi connectivity index (χ4n) is 4.55. The van der Waals surface area contributed by atoms with E-state index < -0.39 is 30.6 Å². The number of carbonyl (C=O) groups excluding carboxylic acids is 2. The number of pyridine rings is 1.